The first kappa shape index (κ1) is 19.6. The van der Waals surface area contributed by atoms with Crippen molar-refractivity contribution in [3.63, 3.8) is 0 Å². The smallest absolute Gasteiger partial charge is 0.231 e. The highest BCUT2D eigenvalue weighted by atomic mass is 32.2. The van der Waals surface area contributed by atoms with Crippen LogP contribution < -0.4 is 10.2 Å². The summed E-state index contributed by atoms with van der Waals surface area (Å²) >= 11 is 1.49. The molecule has 0 saturated carbocycles. The van der Waals surface area contributed by atoms with Crippen LogP contribution in [0.5, 0.6) is 0 Å². The number of carbonyl (C=O) groups excluding carboxylic acids is 1. The third kappa shape index (κ3) is 3.86. The first-order chi connectivity index (χ1) is 15.2. The number of nitrogens with one attached hydrogen (secondary N) is 2. The van der Waals surface area contributed by atoms with Crippen molar-refractivity contribution in [2.24, 2.45) is 0 Å². The van der Waals surface area contributed by atoms with Crippen LogP contribution in [0.3, 0.4) is 0 Å². The van der Waals surface area contributed by atoms with Gasteiger partial charge in [0, 0.05) is 19.6 Å². The molecule has 0 spiro atoms. The summed E-state index contributed by atoms with van der Waals surface area (Å²) in [5.41, 5.74) is 3.61. The number of hydrogen-bond acceptors (Lipinski definition) is 6. The van der Waals surface area contributed by atoms with Crippen LogP contribution in [0.15, 0.2) is 65.8 Å². The maximum atomic E-state index is 13.2. The lowest BCUT2D eigenvalue weighted by molar-refractivity contribution is -0.122. The van der Waals surface area contributed by atoms with Crippen LogP contribution >= 0.6 is 11.8 Å². The van der Waals surface area contributed by atoms with Gasteiger partial charge in [0.2, 0.25) is 5.91 Å². The topological polar surface area (TPSA) is 86.8 Å². The van der Waals surface area contributed by atoms with Gasteiger partial charge in [-0.15, -0.1) is 0 Å². The van der Waals surface area contributed by atoms with E-state index in [-0.39, 0.29) is 11.8 Å². The SMILES string of the molecule is CSc1nc2c3c([nH]nc3n1)C(C(=O)NCc1ccccc1)CN2Cc1ccccc1. The van der Waals surface area contributed by atoms with E-state index >= 15 is 0 Å². The van der Waals surface area contributed by atoms with Crippen LogP contribution in [-0.4, -0.2) is 38.9 Å². The molecule has 3 heterocycles. The van der Waals surface area contributed by atoms with E-state index in [9.17, 15) is 4.79 Å². The monoisotopic (exact) mass is 430 g/mol. The minimum atomic E-state index is -0.381. The Morgan fingerprint density at radius 1 is 1.10 bits per heavy atom. The minimum Gasteiger partial charge on any atom is -0.351 e. The Bertz CT molecular complexity index is 1210. The van der Waals surface area contributed by atoms with Gasteiger partial charge in [0.1, 0.15) is 5.82 Å². The fraction of sp³-hybridized carbons (Fsp3) is 0.217. The van der Waals surface area contributed by atoms with Crippen LogP contribution in [0, 0.1) is 0 Å². The van der Waals surface area contributed by atoms with Crippen LogP contribution in [-0.2, 0) is 17.9 Å². The average molecular weight is 431 g/mol. The van der Waals surface area contributed by atoms with E-state index in [2.05, 4.69) is 37.5 Å². The van der Waals surface area contributed by atoms with E-state index in [0.717, 1.165) is 28.0 Å². The summed E-state index contributed by atoms with van der Waals surface area (Å²) in [5, 5.41) is 12.1. The van der Waals surface area contributed by atoms with Crippen LogP contribution in [0.25, 0.3) is 11.0 Å². The molecular weight excluding hydrogens is 408 g/mol. The first-order valence-electron chi connectivity index (χ1n) is 10.1. The summed E-state index contributed by atoms with van der Waals surface area (Å²) in [6, 6.07) is 20.1. The summed E-state index contributed by atoms with van der Waals surface area (Å²) in [4.78, 5) is 24.7. The van der Waals surface area contributed by atoms with Gasteiger partial charge in [0.05, 0.1) is 17.0 Å². The second-order valence-corrected chi connectivity index (χ2v) is 8.27. The van der Waals surface area contributed by atoms with Gasteiger partial charge in [-0.1, -0.05) is 72.4 Å². The van der Waals surface area contributed by atoms with Crippen molar-refractivity contribution in [2.45, 2.75) is 24.2 Å². The Kier molecular flexibility index (Phi) is 5.30. The zero-order valence-corrected chi connectivity index (χ0v) is 17.9. The molecule has 1 atom stereocenters. The molecule has 31 heavy (non-hydrogen) atoms. The van der Waals surface area contributed by atoms with E-state index in [1.54, 1.807) is 0 Å². The van der Waals surface area contributed by atoms with E-state index < -0.39 is 0 Å². The fourth-order valence-corrected chi connectivity index (χ4v) is 4.30. The predicted molar refractivity (Wildman–Crippen MR) is 122 cm³/mol. The summed E-state index contributed by atoms with van der Waals surface area (Å²) in [6.07, 6.45) is 1.95. The number of thioether (sulfide) groups is 1. The van der Waals surface area contributed by atoms with Crippen molar-refractivity contribution < 1.29 is 4.79 Å². The second-order valence-electron chi connectivity index (χ2n) is 7.49. The molecule has 2 N–H and O–H groups in total. The summed E-state index contributed by atoms with van der Waals surface area (Å²) < 4.78 is 0. The molecule has 1 aliphatic heterocycles. The maximum Gasteiger partial charge on any atom is 0.231 e. The van der Waals surface area contributed by atoms with Crippen molar-refractivity contribution in [1.29, 1.82) is 0 Å². The van der Waals surface area contributed by atoms with Crippen molar-refractivity contribution in [3.05, 3.63) is 77.5 Å². The zero-order valence-electron chi connectivity index (χ0n) is 17.1. The molecular formula is C23H22N6OS. The number of nitrogens with zero attached hydrogens (tertiary/aromatic N) is 4. The molecule has 1 amide bonds. The van der Waals surface area contributed by atoms with Crippen molar-refractivity contribution in [3.8, 4) is 0 Å². The largest absolute Gasteiger partial charge is 0.351 e. The van der Waals surface area contributed by atoms with Crippen LogP contribution in [0.1, 0.15) is 22.7 Å². The Labute approximate surface area is 184 Å². The highest BCUT2D eigenvalue weighted by Gasteiger charge is 2.35. The number of amides is 1. The van der Waals surface area contributed by atoms with Crippen LogP contribution in [0.2, 0.25) is 0 Å². The number of carbonyl (C=O) groups is 1. The number of anilines is 1. The molecule has 8 heteroatoms. The highest BCUT2D eigenvalue weighted by molar-refractivity contribution is 7.98. The van der Waals surface area contributed by atoms with Crippen LogP contribution in [0.4, 0.5) is 5.82 Å². The molecule has 0 fully saturated rings. The van der Waals surface area contributed by atoms with Gasteiger partial charge >= 0.3 is 0 Å². The zero-order chi connectivity index (χ0) is 21.2. The number of H-pyrrole nitrogens is 1. The number of benzene rings is 2. The first-order valence-corrected chi connectivity index (χ1v) is 11.4. The standard InChI is InChI=1S/C23H22N6OS/c1-31-23-25-20-18-19(27-28-20)17(22(30)24-12-15-8-4-2-5-9-15)14-29(21(18)26-23)13-16-10-6-3-7-11-16/h2-11,17H,12-14H2,1H3,(H,24,30)(H,25,26,27,28). The molecule has 0 aliphatic carbocycles. The normalized spacial score (nSPS) is 15.3. The molecule has 0 saturated heterocycles. The molecule has 2 aromatic heterocycles. The molecule has 1 unspecified atom stereocenters. The predicted octanol–water partition coefficient (Wildman–Crippen LogP) is 3.50. The molecule has 7 nitrogen and oxygen atoms in total. The lowest BCUT2D eigenvalue weighted by atomic mass is 9.96. The quantitative estimate of drug-likeness (QED) is 0.360. The maximum absolute atomic E-state index is 13.2. The molecule has 2 aromatic carbocycles. The molecule has 5 rings (SSSR count). The van der Waals surface area contributed by atoms with Gasteiger partial charge in [0.25, 0.3) is 0 Å². The van der Waals surface area contributed by atoms with E-state index in [1.807, 2.05) is 54.8 Å². The lowest BCUT2D eigenvalue weighted by Gasteiger charge is -2.32. The minimum absolute atomic E-state index is 0.0351. The molecule has 0 radical (unpaired) electrons. The van der Waals surface area contributed by atoms with E-state index in [4.69, 9.17) is 4.98 Å². The number of aromatic amines is 1. The fourth-order valence-electron chi connectivity index (χ4n) is 3.94. The summed E-state index contributed by atoms with van der Waals surface area (Å²) in [5.74, 6) is 0.412. The Balaban J connectivity index is 1.49. The van der Waals surface area contributed by atoms with Crippen molar-refractivity contribution >= 4 is 34.5 Å². The van der Waals surface area contributed by atoms with Gasteiger partial charge in [-0.05, 0) is 17.4 Å². The average Bonchev–Trinajstić information content (AvgIpc) is 3.25. The number of aromatic nitrogens is 4. The molecule has 156 valence electrons. The van der Waals surface area contributed by atoms with Crippen molar-refractivity contribution in [2.75, 3.05) is 17.7 Å². The second kappa shape index (κ2) is 8.39. The Hall–Kier alpha value is -3.39. The van der Waals surface area contributed by atoms with Gasteiger partial charge < -0.3 is 10.2 Å². The van der Waals surface area contributed by atoms with Gasteiger partial charge in [-0.2, -0.15) is 5.10 Å². The van der Waals surface area contributed by atoms with E-state index in [1.165, 1.54) is 11.8 Å². The lowest BCUT2D eigenvalue weighted by Crippen LogP contribution is -2.40. The summed E-state index contributed by atoms with van der Waals surface area (Å²) in [6.45, 7) is 1.67. The number of rotatable bonds is 6. The molecule has 0 bridgehead atoms. The highest BCUT2D eigenvalue weighted by Crippen LogP contribution is 2.38. The van der Waals surface area contributed by atoms with Crippen molar-refractivity contribution in [1.82, 2.24) is 25.5 Å². The van der Waals surface area contributed by atoms with Gasteiger partial charge in [0.15, 0.2) is 10.8 Å². The van der Waals surface area contributed by atoms with Gasteiger partial charge in [-0.3, -0.25) is 9.89 Å². The molecule has 4 aromatic rings. The third-order valence-corrected chi connectivity index (χ3v) is 6.03. The summed E-state index contributed by atoms with van der Waals surface area (Å²) in [7, 11) is 0. The van der Waals surface area contributed by atoms with E-state index in [0.29, 0.717) is 30.4 Å². The number of hydrogen-bond donors (Lipinski definition) is 2. The Morgan fingerprint density at radius 3 is 2.52 bits per heavy atom. The Morgan fingerprint density at radius 2 is 1.81 bits per heavy atom. The third-order valence-electron chi connectivity index (χ3n) is 5.48. The van der Waals surface area contributed by atoms with Gasteiger partial charge in [-0.25, -0.2) is 9.97 Å². The molecule has 1 aliphatic rings.